The van der Waals surface area contributed by atoms with E-state index >= 15 is 0 Å². The van der Waals surface area contributed by atoms with E-state index in [1.54, 1.807) is 35.5 Å². The molecule has 0 spiro atoms. The number of aromatic nitrogens is 2. The highest BCUT2D eigenvalue weighted by Gasteiger charge is 2.31. The Labute approximate surface area is 302 Å². The minimum absolute atomic E-state index is 0.147. The second-order valence-corrected chi connectivity index (χ2v) is 14.6. The van der Waals surface area contributed by atoms with Crippen LogP contribution in [0.2, 0.25) is 0 Å². The van der Waals surface area contributed by atoms with E-state index in [0.717, 1.165) is 26.2 Å². The summed E-state index contributed by atoms with van der Waals surface area (Å²) in [6, 6.07) is 18.5. The van der Waals surface area contributed by atoms with Gasteiger partial charge in [-0.15, -0.1) is 22.7 Å². The average molecular weight is 724 g/mol. The quantitative estimate of drug-likeness (QED) is 0.0802. The van der Waals surface area contributed by atoms with Gasteiger partial charge in [0.25, 0.3) is 0 Å². The molecule has 12 nitrogen and oxygen atoms in total. The number of rotatable bonds is 21. The van der Waals surface area contributed by atoms with Gasteiger partial charge in [-0.1, -0.05) is 79.8 Å². The van der Waals surface area contributed by atoms with Crippen molar-refractivity contribution in [3.63, 3.8) is 0 Å². The lowest BCUT2D eigenvalue weighted by Gasteiger charge is -2.33. The number of ether oxygens (including phenoxy) is 2. The molecule has 4 N–H and O–H groups in total. The van der Waals surface area contributed by atoms with Crippen LogP contribution < -0.4 is 16.1 Å². The maximum absolute atomic E-state index is 14.1. The molecule has 0 bridgehead atoms. The number of benzene rings is 2. The Hall–Kier alpha value is -3.76. The van der Waals surface area contributed by atoms with Gasteiger partial charge in [0, 0.05) is 43.0 Å². The van der Waals surface area contributed by atoms with E-state index in [4.69, 9.17) is 9.47 Å². The largest absolute Gasteiger partial charge is 0.444 e. The summed E-state index contributed by atoms with van der Waals surface area (Å²) in [6.45, 7) is 6.90. The van der Waals surface area contributed by atoms with Crippen molar-refractivity contribution < 1.29 is 24.3 Å². The Morgan fingerprint density at radius 3 is 1.94 bits per heavy atom. The van der Waals surface area contributed by atoms with Crippen molar-refractivity contribution >= 4 is 34.7 Å². The Morgan fingerprint density at radius 2 is 1.40 bits per heavy atom. The molecular formula is C36H49N7O5S2. The molecule has 2 aromatic heterocycles. The molecule has 0 saturated heterocycles. The van der Waals surface area contributed by atoms with Gasteiger partial charge >= 0.3 is 6.09 Å². The van der Waals surface area contributed by atoms with Crippen LogP contribution in [0.25, 0.3) is 0 Å². The second-order valence-electron chi connectivity index (χ2n) is 12.7. The van der Waals surface area contributed by atoms with Crippen molar-refractivity contribution in [1.82, 2.24) is 36.3 Å². The van der Waals surface area contributed by atoms with Crippen molar-refractivity contribution in [2.75, 3.05) is 13.7 Å². The molecule has 0 aliphatic rings. The third-order valence-corrected chi connectivity index (χ3v) is 9.42. The molecule has 4 unspecified atom stereocenters. The number of hydrogen-bond donors (Lipinski definition) is 4. The number of hydrogen-bond acceptors (Lipinski definition) is 12. The van der Waals surface area contributed by atoms with Crippen LogP contribution in [-0.2, 0) is 40.3 Å². The van der Waals surface area contributed by atoms with E-state index in [-0.39, 0.29) is 30.5 Å². The van der Waals surface area contributed by atoms with Gasteiger partial charge < -0.3 is 20.1 Å². The lowest BCUT2D eigenvalue weighted by atomic mass is 9.95. The topological polar surface area (TPSA) is 141 Å². The van der Waals surface area contributed by atoms with Gasteiger partial charge in [-0.25, -0.2) is 15.2 Å². The van der Waals surface area contributed by atoms with Crippen LogP contribution >= 0.6 is 22.7 Å². The minimum atomic E-state index is -0.916. The third kappa shape index (κ3) is 13.9. The number of nitrogens with one attached hydrogen (secondary N) is 3. The first-order valence-electron chi connectivity index (χ1n) is 16.8. The summed E-state index contributed by atoms with van der Waals surface area (Å²) in [6.07, 6.45) is 4.65. The summed E-state index contributed by atoms with van der Waals surface area (Å²) in [5, 5.41) is 19.7. The zero-order valence-corrected chi connectivity index (χ0v) is 30.7. The molecule has 4 atom stereocenters. The van der Waals surface area contributed by atoms with Gasteiger partial charge in [-0.3, -0.25) is 20.0 Å². The molecule has 2 aromatic carbocycles. The van der Waals surface area contributed by atoms with Crippen LogP contribution in [0.15, 0.2) is 84.1 Å². The van der Waals surface area contributed by atoms with Crippen LogP contribution in [0, 0.1) is 5.92 Å². The smallest absolute Gasteiger partial charge is 0.407 e. The third-order valence-electron chi connectivity index (χ3n) is 7.90. The standard InChI is InChI=1S/C36H49N7O5S2/c1-26(2)22-47-27(3)34(41-43(46)42(4)21-32-19-37-24-49-32)35(44)39-30(17-28-11-7-5-8-12-28)15-16-31(18-29-13-9-6-10-14-29)40-36(45)48-23-33-20-38-25-50-33/h5-14,19-20,24-27,30-31,34,41,46H,15-18,21-23H2,1-4H3,(H,39,44)(H,40,45). The molecule has 0 aliphatic heterocycles. The normalized spacial score (nSPS) is 14.0. The van der Waals surface area contributed by atoms with Crippen molar-refractivity contribution in [1.29, 1.82) is 0 Å². The van der Waals surface area contributed by atoms with Crippen molar-refractivity contribution in [2.45, 2.75) is 83.8 Å². The number of carbonyl (C=O) groups excluding carboxylic acids is 2. The molecular weight excluding hydrogens is 675 g/mol. The first-order chi connectivity index (χ1) is 24.2. The first-order valence-corrected chi connectivity index (χ1v) is 18.6. The number of hydrazine groups is 2. The van der Waals surface area contributed by atoms with Crippen LogP contribution in [-0.4, -0.2) is 75.3 Å². The highest BCUT2D eigenvalue weighted by molar-refractivity contribution is 7.09. The Morgan fingerprint density at radius 1 is 0.840 bits per heavy atom. The summed E-state index contributed by atoms with van der Waals surface area (Å²) in [4.78, 5) is 37.0. The summed E-state index contributed by atoms with van der Waals surface area (Å²) in [7, 11) is 1.71. The second kappa shape index (κ2) is 20.8. The van der Waals surface area contributed by atoms with Crippen LogP contribution in [0.4, 0.5) is 4.79 Å². The van der Waals surface area contributed by atoms with E-state index in [9.17, 15) is 14.8 Å². The average Bonchev–Trinajstić information content (AvgIpc) is 3.83. The van der Waals surface area contributed by atoms with E-state index < -0.39 is 18.2 Å². The Balaban J connectivity index is 1.48. The van der Waals surface area contributed by atoms with E-state index in [2.05, 4.69) is 26.0 Å². The van der Waals surface area contributed by atoms with Crippen molar-refractivity contribution in [3.05, 3.63) is 105 Å². The number of carbonyl (C=O) groups is 2. The lowest BCUT2D eigenvalue weighted by molar-refractivity contribution is -0.285. The van der Waals surface area contributed by atoms with Crippen molar-refractivity contribution in [2.24, 2.45) is 5.92 Å². The number of amides is 2. The summed E-state index contributed by atoms with van der Waals surface area (Å²) in [5.74, 6) is -0.0575. The molecule has 270 valence electrons. The lowest BCUT2D eigenvalue weighted by Crippen LogP contribution is -2.60. The molecule has 2 amide bonds. The van der Waals surface area contributed by atoms with Gasteiger partial charge in [-0.2, -0.15) is 0 Å². The van der Waals surface area contributed by atoms with E-state index in [0.29, 0.717) is 38.8 Å². The highest BCUT2D eigenvalue weighted by atomic mass is 32.1. The maximum atomic E-state index is 14.1. The Kier molecular flexibility index (Phi) is 16.2. The zero-order valence-electron chi connectivity index (χ0n) is 29.1. The predicted molar refractivity (Wildman–Crippen MR) is 195 cm³/mol. The fraction of sp³-hybridized carbons (Fsp3) is 0.444. The first kappa shape index (κ1) is 39.0. The minimum Gasteiger partial charge on any atom is -0.444 e. The van der Waals surface area contributed by atoms with E-state index in [1.807, 2.05) is 81.4 Å². The van der Waals surface area contributed by atoms with E-state index in [1.165, 1.54) is 22.7 Å². The molecule has 14 heteroatoms. The van der Waals surface area contributed by atoms with Gasteiger partial charge in [0.1, 0.15) is 12.6 Å². The molecule has 4 aromatic rings. The fourth-order valence-corrected chi connectivity index (χ4v) is 6.40. The predicted octanol–water partition coefficient (Wildman–Crippen LogP) is 5.62. The molecule has 0 saturated carbocycles. The maximum Gasteiger partial charge on any atom is 0.407 e. The Bertz CT molecular complexity index is 1510. The van der Waals surface area contributed by atoms with Gasteiger partial charge in [0.2, 0.25) is 5.91 Å². The number of alkyl carbamates (subject to hydrolysis) is 1. The molecule has 0 fully saturated rings. The van der Waals surface area contributed by atoms with Crippen LogP contribution in [0.3, 0.4) is 0 Å². The molecule has 2 heterocycles. The highest BCUT2D eigenvalue weighted by Crippen LogP contribution is 2.16. The SMILES string of the molecule is CC(C)COC(C)C(NN(O)N(C)Cc1cncs1)C(=O)NC(CCC(Cc1ccccc1)NC(=O)OCc1cncs1)Cc1ccccc1. The van der Waals surface area contributed by atoms with Gasteiger partial charge in [0.15, 0.2) is 0 Å². The summed E-state index contributed by atoms with van der Waals surface area (Å²) < 4.78 is 11.6. The van der Waals surface area contributed by atoms with Crippen LogP contribution in [0.5, 0.6) is 0 Å². The van der Waals surface area contributed by atoms with Crippen LogP contribution in [0.1, 0.15) is 54.5 Å². The molecule has 50 heavy (non-hydrogen) atoms. The molecule has 4 rings (SSSR count). The zero-order chi connectivity index (χ0) is 35.7. The number of nitrogens with zero attached hydrogens (tertiary/aromatic N) is 4. The molecule has 0 aliphatic carbocycles. The number of thiazole rings is 2. The van der Waals surface area contributed by atoms with Crippen molar-refractivity contribution in [3.8, 4) is 0 Å². The molecule has 0 radical (unpaired) electrons. The summed E-state index contributed by atoms with van der Waals surface area (Å²) in [5.41, 5.74) is 8.53. The van der Waals surface area contributed by atoms with Gasteiger partial charge in [-0.05, 0) is 49.7 Å². The fourth-order valence-electron chi connectivity index (χ4n) is 5.25. The monoisotopic (exact) mass is 723 g/mol. The summed E-state index contributed by atoms with van der Waals surface area (Å²) >= 11 is 2.90. The van der Waals surface area contributed by atoms with Gasteiger partial charge in [0.05, 0.1) is 28.5 Å².